The van der Waals surface area contributed by atoms with Gasteiger partial charge in [0.15, 0.2) is 0 Å². The fraction of sp³-hybridized carbons (Fsp3) is 1.00. The van der Waals surface area contributed by atoms with Crippen molar-refractivity contribution >= 4 is 25.3 Å². The molecule has 0 heterocycles. The van der Waals surface area contributed by atoms with E-state index in [2.05, 4.69) is 13.8 Å². The van der Waals surface area contributed by atoms with Crippen LogP contribution < -0.4 is 0 Å². The van der Waals surface area contributed by atoms with Crippen LogP contribution in [0.1, 0.15) is 52.4 Å². The molecule has 0 aromatic rings. The molecule has 0 spiro atoms. The van der Waals surface area contributed by atoms with Crippen molar-refractivity contribution in [2.24, 2.45) is 17.8 Å². The maximum atomic E-state index is 9.79. The molecule has 6 atom stereocenters. The van der Waals surface area contributed by atoms with E-state index in [9.17, 15) is 5.11 Å². The second-order valence-electron chi connectivity index (χ2n) is 6.52. The first-order valence-electron chi connectivity index (χ1n) is 6.98. The molecule has 0 radical (unpaired) electrons. The van der Waals surface area contributed by atoms with Crippen LogP contribution in [-0.2, 0) is 0 Å². The minimum absolute atomic E-state index is 0.0103. The van der Waals surface area contributed by atoms with Crippen LogP contribution in [-0.4, -0.2) is 21.2 Å². The fourth-order valence-corrected chi connectivity index (χ4v) is 4.82. The van der Waals surface area contributed by atoms with Gasteiger partial charge in [0, 0.05) is 10.00 Å². The Kier molecular flexibility index (Phi) is 4.42. The average Bonchev–Trinajstić information content (AvgIpc) is 2.21. The number of hydrogen-bond donors (Lipinski definition) is 3. The molecule has 0 aliphatic heterocycles. The predicted molar refractivity (Wildman–Crippen MR) is 80.0 cm³/mol. The molecule has 1 nitrogen and oxygen atoms in total. The molecule has 0 bridgehead atoms. The Balaban J connectivity index is 2.02. The Labute approximate surface area is 117 Å². The van der Waals surface area contributed by atoms with Crippen LogP contribution in [0, 0.1) is 17.8 Å². The largest absolute Gasteiger partial charge is 0.393 e. The SMILES string of the molecule is CC1CCC(C2CCC(O)CC2(C)S)CC1S. The average molecular weight is 274 g/mol. The van der Waals surface area contributed by atoms with Crippen LogP contribution in [0.25, 0.3) is 0 Å². The molecule has 6 unspecified atom stereocenters. The van der Waals surface area contributed by atoms with Gasteiger partial charge in [-0.1, -0.05) is 13.8 Å². The summed E-state index contributed by atoms with van der Waals surface area (Å²) < 4.78 is 0.0103. The van der Waals surface area contributed by atoms with Crippen molar-refractivity contribution in [3.8, 4) is 0 Å². The van der Waals surface area contributed by atoms with Crippen molar-refractivity contribution in [2.75, 3.05) is 0 Å². The lowest BCUT2D eigenvalue weighted by Crippen LogP contribution is -2.44. The molecule has 17 heavy (non-hydrogen) atoms. The zero-order valence-electron chi connectivity index (χ0n) is 11.0. The van der Waals surface area contributed by atoms with Gasteiger partial charge in [-0.05, 0) is 56.3 Å². The minimum atomic E-state index is -0.136. The molecular weight excluding hydrogens is 248 g/mol. The van der Waals surface area contributed by atoms with Gasteiger partial charge in [-0.15, -0.1) is 0 Å². The summed E-state index contributed by atoms with van der Waals surface area (Å²) in [5.41, 5.74) is 0. The molecule has 2 saturated carbocycles. The molecular formula is C14H26OS2. The summed E-state index contributed by atoms with van der Waals surface area (Å²) in [4.78, 5) is 0. The van der Waals surface area contributed by atoms with Gasteiger partial charge in [0.25, 0.3) is 0 Å². The lowest BCUT2D eigenvalue weighted by molar-refractivity contribution is 0.0569. The first kappa shape index (κ1) is 14.1. The predicted octanol–water partition coefficient (Wildman–Crippen LogP) is 3.57. The van der Waals surface area contributed by atoms with Gasteiger partial charge in [0.2, 0.25) is 0 Å². The highest BCUT2D eigenvalue weighted by Gasteiger charge is 2.43. The fourth-order valence-electron chi connectivity index (χ4n) is 3.85. The molecule has 2 rings (SSSR count). The standard InChI is InChI=1S/C14H26OS2/c1-9-3-4-10(7-13(9)16)12-6-5-11(15)8-14(12,2)17/h9-13,15-17H,3-8H2,1-2H3. The Bertz CT molecular complexity index is 267. The Morgan fingerprint density at radius 2 is 1.88 bits per heavy atom. The topological polar surface area (TPSA) is 20.2 Å². The number of thiol groups is 2. The van der Waals surface area contributed by atoms with Crippen LogP contribution >= 0.6 is 25.3 Å². The van der Waals surface area contributed by atoms with Crippen molar-refractivity contribution in [3.05, 3.63) is 0 Å². The molecule has 2 aliphatic carbocycles. The Morgan fingerprint density at radius 3 is 2.47 bits per heavy atom. The molecule has 2 aliphatic rings. The van der Waals surface area contributed by atoms with E-state index in [1.165, 1.54) is 19.3 Å². The molecule has 0 aromatic heterocycles. The van der Waals surface area contributed by atoms with Crippen molar-refractivity contribution in [1.82, 2.24) is 0 Å². The van der Waals surface area contributed by atoms with Crippen LogP contribution in [0.3, 0.4) is 0 Å². The maximum Gasteiger partial charge on any atom is 0.0553 e. The highest BCUT2D eigenvalue weighted by atomic mass is 32.1. The minimum Gasteiger partial charge on any atom is -0.393 e. The maximum absolute atomic E-state index is 9.79. The normalized spacial score (nSPS) is 52.4. The number of hydrogen-bond acceptors (Lipinski definition) is 3. The molecule has 0 amide bonds. The molecule has 1 N–H and O–H groups in total. The highest BCUT2D eigenvalue weighted by Crippen LogP contribution is 2.48. The van der Waals surface area contributed by atoms with Crippen LogP contribution in [0.4, 0.5) is 0 Å². The smallest absolute Gasteiger partial charge is 0.0553 e. The van der Waals surface area contributed by atoms with E-state index in [0.717, 1.165) is 31.1 Å². The zero-order chi connectivity index (χ0) is 12.6. The van der Waals surface area contributed by atoms with Crippen LogP contribution in [0.15, 0.2) is 0 Å². The molecule has 3 heteroatoms. The monoisotopic (exact) mass is 274 g/mol. The third-order valence-corrected chi connectivity index (χ3v) is 6.26. The van der Waals surface area contributed by atoms with E-state index in [0.29, 0.717) is 11.2 Å². The lowest BCUT2D eigenvalue weighted by Gasteiger charge is -2.47. The van der Waals surface area contributed by atoms with Gasteiger partial charge < -0.3 is 5.11 Å². The summed E-state index contributed by atoms with van der Waals surface area (Å²) in [5, 5.41) is 10.4. The third kappa shape index (κ3) is 3.16. The van der Waals surface area contributed by atoms with Crippen LogP contribution in [0.2, 0.25) is 0 Å². The van der Waals surface area contributed by atoms with E-state index in [4.69, 9.17) is 25.3 Å². The highest BCUT2D eigenvalue weighted by molar-refractivity contribution is 7.81. The summed E-state index contributed by atoms with van der Waals surface area (Å²) in [6.07, 6.45) is 6.69. The Hall–Kier alpha value is 0.660. The van der Waals surface area contributed by atoms with Gasteiger partial charge in [-0.3, -0.25) is 0 Å². The van der Waals surface area contributed by atoms with Crippen LogP contribution in [0.5, 0.6) is 0 Å². The molecule has 0 saturated heterocycles. The van der Waals surface area contributed by atoms with E-state index in [1.807, 2.05) is 0 Å². The van der Waals surface area contributed by atoms with Crippen molar-refractivity contribution in [2.45, 2.75) is 68.5 Å². The van der Waals surface area contributed by atoms with E-state index >= 15 is 0 Å². The first-order chi connectivity index (χ1) is 7.90. The summed E-state index contributed by atoms with van der Waals surface area (Å²) in [5.74, 6) is 2.19. The molecule has 100 valence electrons. The van der Waals surface area contributed by atoms with Gasteiger partial charge >= 0.3 is 0 Å². The first-order valence-corrected chi connectivity index (χ1v) is 7.95. The number of rotatable bonds is 1. The second-order valence-corrected chi connectivity index (χ2v) is 8.20. The summed E-state index contributed by atoms with van der Waals surface area (Å²) >= 11 is 9.58. The summed E-state index contributed by atoms with van der Waals surface area (Å²) in [6, 6.07) is 0. The van der Waals surface area contributed by atoms with Gasteiger partial charge in [0.1, 0.15) is 0 Å². The summed E-state index contributed by atoms with van der Waals surface area (Å²) in [6.45, 7) is 4.53. The molecule has 2 fully saturated rings. The lowest BCUT2D eigenvalue weighted by atomic mass is 9.66. The van der Waals surface area contributed by atoms with Gasteiger partial charge in [-0.2, -0.15) is 25.3 Å². The van der Waals surface area contributed by atoms with Gasteiger partial charge in [0.05, 0.1) is 6.10 Å². The van der Waals surface area contributed by atoms with Crippen molar-refractivity contribution in [3.63, 3.8) is 0 Å². The molecule has 0 aromatic carbocycles. The summed E-state index contributed by atoms with van der Waals surface area (Å²) in [7, 11) is 0. The Morgan fingerprint density at radius 1 is 1.18 bits per heavy atom. The van der Waals surface area contributed by atoms with E-state index in [1.54, 1.807) is 0 Å². The zero-order valence-corrected chi connectivity index (χ0v) is 12.8. The van der Waals surface area contributed by atoms with Gasteiger partial charge in [-0.25, -0.2) is 0 Å². The number of aliphatic hydroxyl groups excluding tert-OH is 1. The number of aliphatic hydroxyl groups is 1. The van der Waals surface area contributed by atoms with Crippen molar-refractivity contribution < 1.29 is 5.11 Å². The quantitative estimate of drug-likeness (QED) is 0.624. The second kappa shape index (κ2) is 5.34. The van der Waals surface area contributed by atoms with E-state index < -0.39 is 0 Å². The van der Waals surface area contributed by atoms with E-state index in [-0.39, 0.29) is 10.9 Å². The van der Waals surface area contributed by atoms with Crippen molar-refractivity contribution in [1.29, 1.82) is 0 Å². The third-order valence-electron chi connectivity index (χ3n) is 5.02.